The maximum Gasteiger partial charge on any atom is 0.354 e. The minimum Gasteiger partial charge on any atom is -0.477 e. The molecule has 3 unspecified atom stereocenters. The highest BCUT2D eigenvalue weighted by molar-refractivity contribution is 5.85. The number of nitrogens with zero attached hydrogens (tertiary/aromatic N) is 2. The summed E-state index contributed by atoms with van der Waals surface area (Å²) < 4.78 is 1.85. The minimum atomic E-state index is -0.903. The molecule has 2 aliphatic rings. The van der Waals surface area contributed by atoms with Crippen molar-refractivity contribution in [2.75, 3.05) is 0 Å². The summed E-state index contributed by atoms with van der Waals surface area (Å²) in [6.07, 6.45) is 6.67. The topological polar surface area (TPSA) is 55.1 Å². The van der Waals surface area contributed by atoms with Gasteiger partial charge in [0.25, 0.3) is 0 Å². The Morgan fingerprint density at radius 3 is 2.85 bits per heavy atom. The first-order valence-electron chi connectivity index (χ1n) is 7.09. The molecule has 1 saturated carbocycles. The molecule has 102 valence electrons. The number of aromatic nitrogens is 2. The molecular formula is C16H16N2O2. The van der Waals surface area contributed by atoms with Gasteiger partial charge in [0.15, 0.2) is 0 Å². The molecule has 4 heteroatoms. The van der Waals surface area contributed by atoms with Crippen molar-refractivity contribution in [3.05, 3.63) is 53.6 Å². The molecule has 1 fully saturated rings. The third kappa shape index (κ3) is 1.54. The van der Waals surface area contributed by atoms with Crippen LogP contribution >= 0.6 is 0 Å². The minimum absolute atomic E-state index is 0.124. The molecule has 1 aromatic heterocycles. The molecule has 0 aliphatic heterocycles. The molecule has 1 aromatic carbocycles. The predicted molar refractivity (Wildman–Crippen MR) is 73.8 cm³/mol. The van der Waals surface area contributed by atoms with E-state index in [1.807, 2.05) is 10.6 Å². The first-order valence-corrected chi connectivity index (χ1v) is 7.09. The van der Waals surface area contributed by atoms with E-state index in [0.717, 1.165) is 0 Å². The van der Waals surface area contributed by atoms with Crippen LogP contribution in [0.25, 0.3) is 0 Å². The van der Waals surface area contributed by atoms with E-state index in [1.54, 1.807) is 6.33 Å². The van der Waals surface area contributed by atoms with E-state index >= 15 is 0 Å². The number of aromatic carboxylic acids is 1. The molecule has 2 aliphatic carbocycles. The predicted octanol–water partition coefficient (Wildman–Crippen LogP) is 3.07. The van der Waals surface area contributed by atoms with Crippen molar-refractivity contribution in [2.24, 2.45) is 5.92 Å². The second kappa shape index (κ2) is 4.20. The second-order valence-corrected chi connectivity index (χ2v) is 5.84. The standard InChI is InChI=1S/C16H16N2O2/c19-16(20)14-8-17-9-18(14)15-11-6-5-10(7-11)12-3-1-2-4-13(12)15/h1-4,8-11,15H,5-7H2,(H,19,20). The van der Waals surface area contributed by atoms with E-state index in [2.05, 4.69) is 23.2 Å². The monoisotopic (exact) mass is 268 g/mol. The molecule has 2 aromatic rings. The van der Waals surface area contributed by atoms with Crippen molar-refractivity contribution >= 4 is 5.97 Å². The van der Waals surface area contributed by atoms with Gasteiger partial charge >= 0.3 is 5.97 Å². The molecule has 4 rings (SSSR count). The Kier molecular flexibility index (Phi) is 2.46. The van der Waals surface area contributed by atoms with Gasteiger partial charge in [-0.2, -0.15) is 0 Å². The molecule has 1 heterocycles. The normalized spacial score (nSPS) is 27.3. The smallest absolute Gasteiger partial charge is 0.354 e. The van der Waals surface area contributed by atoms with Crippen molar-refractivity contribution in [3.63, 3.8) is 0 Å². The number of carboxylic acids is 1. The molecule has 20 heavy (non-hydrogen) atoms. The van der Waals surface area contributed by atoms with E-state index in [9.17, 15) is 9.90 Å². The number of carboxylic acid groups (broad SMARTS) is 1. The van der Waals surface area contributed by atoms with Crippen LogP contribution in [0.5, 0.6) is 0 Å². The lowest BCUT2D eigenvalue weighted by Gasteiger charge is -2.33. The fraction of sp³-hybridized carbons (Fsp3) is 0.375. The number of fused-ring (bicyclic) bond motifs is 4. The first-order chi connectivity index (χ1) is 9.75. The molecule has 0 spiro atoms. The summed E-state index contributed by atoms with van der Waals surface area (Å²) in [4.78, 5) is 15.4. The van der Waals surface area contributed by atoms with E-state index in [4.69, 9.17) is 0 Å². The summed E-state index contributed by atoms with van der Waals surface area (Å²) in [5, 5.41) is 9.34. The fourth-order valence-electron chi connectivity index (χ4n) is 4.06. The van der Waals surface area contributed by atoms with Gasteiger partial charge in [-0.25, -0.2) is 9.78 Å². The number of benzene rings is 1. The largest absolute Gasteiger partial charge is 0.477 e. The van der Waals surface area contributed by atoms with Crippen molar-refractivity contribution in [3.8, 4) is 0 Å². The van der Waals surface area contributed by atoms with Gasteiger partial charge in [-0.3, -0.25) is 0 Å². The molecular weight excluding hydrogens is 252 g/mol. The van der Waals surface area contributed by atoms with Crippen molar-refractivity contribution < 1.29 is 9.90 Å². The zero-order valence-electron chi connectivity index (χ0n) is 11.1. The summed E-state index contributed by atoms with van der Waals surface area (Å²) in [6, 6.07) is 8.61. The van der Waals surface area contributed by atoms with Crippen LogP contribution in [0.1, 0.15) is 52.8 Å². The van der Waals surface area contributed by atoms with Crippen molar-refractivity contribution in [2.45, 2.75) is 31.2 Å². The van der Waals surface area contributed by atoms with E-state index < -0.39 is 5.97 Å². The van der Waals surface area contributed by atoms with Crippen LogP contribution in [0.2, 0.25) is 0 Å². The molecule has 2 bridgehead atoms. The maximum absolute atomic E-state index is 11.4. The zero-order valence-corrected chi connectivity index (χ0v) is 11.1. The molecule has 0 amide bonds. The number of imidazole rings is 1. The Bertz CT molecular complexity index is 677. The van der Waals surface area contributed by atoms with E-state index in [1.165, 1.54) is 36.6 Å². The van der Waals surface area contributed by atoms with Crippen LogP contribution < -0.4 is 0 Å². The second-order valence-electron chi connectivity index (χ2n) is 5.84. The highest BCUT2D eigenvalue weighted by Gasteiger charge is 2.41. The highest BCUT2D eigenvalue weighted by atomic mass is 16.4. The molecule has 0 radical (unpaired) electrons. The van der Waals surface area contributed by atoms with Gasteiger partial charge in [0.2, 0.25) is 0 Å². The Hall–Kier alpha value is -2.10. The van der Waals surface area contributed by atoms with Gasteiger partial charge in [-0.05, 0) is 42.2 Å². The van der Waals surface area contributed by atoms with Gasteiger partial charge in [-0.15, -0.1) is 0 Å². The summed E-state index contributed by atoms with van der Waals surface area (Å²) in [7, 11) is 0. The maximum atomic E-state index is 11.4. The average Bonchev–Trinajstić information content (AvgIpc) is 3.08. The van der Waals surface area contributed by atoms with Crippen LogP contribution in [0.4, 0.5) is 0 Å². The number of hydrogen-bond acceptors (Lipinski definition) is 2. The molecule has 1 N–H and O–H groups in total. The van der Waals surface area contributed by atoms with E-state index in [0.29, 0.717) is 11.8 Å². The SMILES string of the molecule is O=C(O)c1cncn1C1c2ccccc2C2CCC1C2. The zero-order chi connectivity index (χ0) is 13.7. The number of hydrogen-bond donors (Lipinski definition) is 1. The van der Waals surface area contributed by atoms with Crippen LogP contribution in [0.15, 0.2) is 36.8 Å². The third-order valence-corrected chi connectivity index (χ3v) is 4.86. The van der Waals surface area contributed by atoms with Crippen molar-refractivity contribution in [1.82, 2.24) is 9.55 Å². The summed E-state index contributed by atoms with van der Waals surface area (Å²) in [6.45, 7) is 0. The Balaban J connectivity index is 1.90. The molecule has 4 nitrogen and oxygen atoms in total. The van der Waals surface area contributed by atoms with E-state index in [-0.39, 0.29) is 11.7 Å². The molecule has 0 saturated heterocycles. The van der Waals surface area contributed by atoms with Crippen LogP contribution in [-0.4, -0.2) is 20.6 Å². The lowest BCUT2D eigenvalue weighted by Crippen LogP contribution is -2.25. The van der Waals surface area contributed by atoms with Gasteiger partial charge in [0, 0.05) is 0 Å². The van der Waals surface area contributed by atoms with Gasteiger partial charge in [0.1, 0.15) is 5.69 Å². The van der Waals surface area contributed by atoms with Crippen LogP contribution in [0, 0.1) is 5.92 Å². The Morgan fingerprint density at radius 2 is 2.05 bits per heavy atom. The molecule has 3 atom stereocenters. The third-order valence-electron chi connectivity index (χ3n) is 4.86. The number of carbonyl (C=O) groups is 1. The highest BCUT2D eigenvalue weighted by Crippen LogP contribution is 2.52. The van der Waals surface area contributed by atoms with Crippen LogP contribution in [0.3, 0.4) is 0 Å². The Morgan fingerprint density at radius 1 is 1.25 bits per heavy atom. The van der Waals surface area contributed by atoms with Gasteiger partial charge in [-0.1, -0.05) is 24.3 Å². The van der Waals surface area contributed by atoms with Gasteiger partial charge < -0.3 is 9.67 Å². The summed E-state index contributed by atoms with van der Waals surface area (Å²) in [5.41, 5.74) is 2.97. The fourth-order valence-corrected chi connectivity index (χ4v) is 4.06. The lowest BCUT2D eigenvalue weighted by molar-refractivity contribution is 0.0681. The lowest BCUT2D eigenvalue weighted by atomic mass is 9.79. The van der Waals surface area contributed by atoms with Gasteiger partial charge in [0.05, 0.1) is 18.6 Å². The number of rotatable bonds is 2. The summed E-state index contributed by atoms with van der Waals surface area (Å²) in [5.74, 6) is 0.284. The quantitative estimate of drug-likeness (QED) is 0.910. The summed E-state index contributed by atoms with van der Waals surface area (Å²) >= 11 is 0. The average molecular weight is 268 g/mol. The van der Waals surface area contributed by atoms with Crippen molar-refractivity contribution in [1.29, 1.82) is 0 Å². The first kappa shape index (κ1) is 11.7. The van der Waals surface area contributed by atoms with Crippen LogP contribution in [-0.2, 0) is 0 Å². The Labute approximate surface area is 117 Å².